The van der Waals surface area contributed by atoms with E-state index in [2.05, 4.69) is 16.0 Å². The molecule has 4 heteroatoms. The Morgan fingerprint density at radius 1 is 1.25 bits per heavy atom. The number of rotatable bonds is 5. The monoisotopic (exact) mass is 326 g/mol. The Bertz CT molecular complexity index is 700. The van der Waals surface area contributed by atoms with Crippen LogP contribution in [0.4, 0.5) is 0 Å². The number of hydrogen-bond donors (Lipinski definition) is 2. The fourth-order valence-corrected chi connectivity index (χ4v) is 4.77. The molecular weight excluding hydrogens is 300 g/mol. The lowest BCUT2D eigenvalue weighted by molar-refractivity contribution is -0.0582. The summed E-state index contributed by atoms with van der Waals surface area (Å²) in [6, 6.07) is 10.2. The van der Waals surface area contributed by atoms with E-state index < -0.39 is 6.10 Å². The molecular formula is C20H26N2O2. The van der Waals surface area contributed by atoms with Crippen LogP contribution in [-0.4, -0.2) is 45.8 Å². The van der Waals surface area contributed by atoms with Crippen LogP contribution in [0.1, 0.15) is 37.4 Å². The van der Waals surface area contributed by atoms with Gasteiger partial charge >= 0.3 is 0 Å². The molecule has 4 heterocycles. The van der Waals surface area contributed by atoms with Crippen molar-refractivity contribution in [3.63, 3.8) is 0 Å². The quantitative estimate of drug-likeness (QED) is 0.887. The zero-order valence-electron chi connectivity index (χ0n) is 14.0. The number of nitrogens with zero attached hydrogens (tertiary/aromatic N) is 2. The van der Waals surface area contributed by atoms with Gasteiger partial charge in [0.2, 0.25) is 0 Å². The lowest BCUT2D eigenvalue weighted by Crippen LogP contribution is -2.55. The van der Waals surface area contributed by atoms with Gasteiger partial charge in [-0.1, -0.05) is 18.2 Å². The molecule has 0 amide bonds. The Labute approximate surface area is 143 Å². The number of aliphatic hydroxyl groups excluding tert-OH is 2. The smallest absolute Gasteiger partial charge is 0.0952 e. The topological polar surface area (TPSA) is 56.6 Å². The molecule has 1 aromatic carbocycles. The van der Waals surface area contributed by atoms with E-state index in [1.807, 2.05) is 24.3 Å². The molecule has 3 aliphatic heterocycles. The summed E-state index contributed by atoms with van der Waals surface area (Å²) in [5.74, 6) is 1.37. The molecule has 3 fully saturated rings. The summed E-state index contributed by atoms with van der Waals surface area (Å²) in [5, 5.41) is 21.3. The van der Waals surface area contributed by atoms with Crippen molar-refractivity contribution >= 4 is 10.9 Å². The largest absolute Gasteiger partial charge is 0.396 e. The van der Waals surface area contributed by atoms with Crippen molar-refractivity contribution in [2.24, 2.45) is 11.8 Å². The van der Waals surface area contributed by atoms with Gasteiger partial charge in [0.05, 0.1) is 11.6 Å². The van der Waals surface area contributed by atoms with Crippen molar-refractivity contribution in [3.8, 4) is 0 Å². The summed E-state index contributed by atoms with van der Waals surface area (Å²) in [6.07, 6.45) is 5.65. The minimum absolute atomic E-state index is 0.208. The lowest BCUT2D eigenvalue weighted by Gasteiger charge is -2.51. The number of pyridine rings is 1. The highest BCUT2D eigenvalue weighted by molar-refractivity contribution is 5.82. The van der Waals surface area contributed by atoms with Crippen LogP contribution in [0.2, 0.25) is 0 Å². The van der Waals surface area contributed by atoms with Crippen LogP contribution in [0.25, 0.3) is 10.9 Å². The number of para-hydroxylation sites is 1. The van der Waals surface area contributed by atoms with Gasteiger partial charge in [-0.15, -0.1) is 0 Å². The molecule has 5 atom stereocenters. The van der Waals surface area contributed by atoms with E-state index in [4.69, 9.17) is 5.11 Å². The molecule has 5 rings (SSSR count). The molecule has 1 aromatic heterocycles. The molecule has 2 bridgehead atoms. The Morgan fingerprint density at radius 3 is 2.92 bits per heavy atom. The van der Waals surface area contributed by atoms with Crippen LogP contribution in [-0.2, 0) is 0 Å². The van der Waals surface area contributed by atoms with Gasteiger partial charge in [-0.3, -0.25) is 9.88 Å². The molecule has 1 unspecified atom stereocenters. The van der Waals surface area contributed by atoms with E-state index in [0.29, 0.717) is 11.8 Å². The number of aromatic nitrogens is 1. The molecule has 0 aliphatic carbocycles. The first-order valence-electron chi connectivity index (χ1n) is 9.14. The van der Waals surface area contributed by atoms with Crippen molar-refractivity contribution in [2.45, 2.75) is 37.8 Å². The maximum absolute atomic E-state index is 11.1. The van der Waals surface area contributed by atoms with E-state index in [-0.39, 0.29) is 12.6 Å². The van der Waals surface area contributed by atoms with Gasteiger partial charge in [-0.05, 0) is 61.8 Å². The summed E-state index contributed by atoms with van der Waals surface area (Å²) in [7, 11) is 0. The van der Waals surface area contributed by atoms with Crippen LogP contribution in [0, 0.1) is 11.8 Å². The van der Waals surface area contributed by atoms with Crippen molar-refractivity contribution in [1.29, 1.82) is 0 Å². The van der Waals surface area contributed by atoms with Crippen LogP contribution < -0.4 is 0 Å². The molecule has 2 N–H and O–H groups in total. The Morgan fingerprint density at radius 2 is 2.12 bits per heavy atom. The zero-order valence-corrected chi connectivity index (χ0v) is 14.0. The molecule has 128 valence electrons. The fourth-order valence-electron chi connectivity index (χ4n) is 4.77. The first kappa shape index (κ1) is 16.0. The van der Waals surface area contributed by atoms with Crippen molar-refractivity contribution in [3.05, 3.63) is 42.1 Å². The Balaban J connectivity index is 1.56. The van der Waals surface area contributed by atoms with Crippen molar-refractivity contribution in [1.82, 2.24) is 9.88 Å². The average molecular weight is 326 g/mol. The van der Waals surface area contributed by atoms with Crippen molar-refractivity contribution in [2.75, 3.05) is 19.7 Å². The summed E-state index contributed by atoms with van der Waals surface area (Å²) in [4.78, 5) is 6.89. The van der Waals surface area contributed by atoms with Gasteiger partial charge < -0.3 is 10.2 Å². The molecule has 2 aromatic rings. The average Bonchev–Trinajstić information content (AvgIpc) is 2.65. The molecule has 0 radical (unpaired) electrons. The third-order valence-electron chi connectivity index (χ3n) is 6.03. The van der Waals surface area contributed by atoms with Gasteiger partial charge in [0, 0.05) is 30.8 Å². The number of fused-ring (bicyclic) bond motifs is 4. The van der Waals surface area contributed by atoms with E-state index in [9.17, 15) is 5.11 Å². The van der Waals surface area contributed by atoms with Gasteiger partial charge in [-0.25, -0.2) is 0 Å². The van der Waals surface area contributed by atoms with E-state index >= 15 is 0 Å². The second-order valence-corrected chi connectivity index (χ2v) is 7.33. The number of hydrogen-bond acceptors (Lipinski definition) is 4. The highest BCUT2D eigenvalue weighted by Gasteiger charge is 2.42. The van der Waals surface area contributed by atoms with Crippen LogP contribution in [0.15, 0.2) is 36.5 Å². The Hall–Kier alpha value is -1.49. The third-order valence-corrected chi connectivity index (χ3v) is 6.03. The first-order valence-corrected chi connectivity index (χ1v) is 9.14. The van der Waals surface area contributed by atoms with Gasteiger partial charge in [0.25, 0.3) is 0 Å². The van der Waals surface area contributed by atoms with E-state index in [1.54, 1.807) is 6.20 Å². The minimum Gasteiger partial charge on any atom is -0.396 e. The third kappa shape index (κ3) is 2.83. The minimum atomic E-state index is -0.459. The SMILES string of the molecule is OCCC[C@H]1CN2CC[C@H]1C[C@H]2[C@H](O)c1ccnc2ccccc12. The van der Waals surface area contributed by atoms with Gasteiger partial charge in [-0.2, -0.15) is 0 Å². The van der Waals surface area contributed by atoms with E-state index in [1.165, 1.54) is 6.42 Å². The van der Waals surface area contributed by atoms with Gasteiger partial charge in [0.15, 0.2) is 0 Å². The predicted molar refractivity (Wildman–Crippen MR) is 94.6 cm³/mol. The van der Waals surface area contributed by atoms with Crippen LogP contribution >= 0.6 is 0 Å². The number of aliphatic hydroxyl groups is 2. The lowest BCUT2D eigenvalue weighted by atomic mass is 9.72. The van der Waals surface area contributed by atoms with Crippen LogP contribution in [0.5, 0.6) is 0 Å². The molecule has 3 saturated heterocycles. The molecule has 3 aliphatic rings. The fraction of sp³-hybridized carbons (Fsp3) is 0.550. The molecule has 0 spiro atoms. The normalized spacial score (nSPS) is 30.6. The molecule has 4 nitrogen and oxygen atoms in total. The Kier molecular flexibility index (Phi) is 4.53. The first-order chi connectivity index (χ1) is 11.8. The number of benzene rings is 1. The molecule has 24 heavy (non-hydrogen) atoms. The second-order valence-electron chi connectivity index (χ2n) is 7.33. The van der Waals surface area contributed by atoms with Crippen LogP contribution in [0.3, 0.4) is 0 Å². The highest BCUT2D eigenvalue weighted by atomic mass is 16.3. The number of piperidine rings is 3. The predicted octanol–water partition coefficient (Wildman–Crippen LogP) is 2.75. The summed E-state index contributed by atoms with van der Waals surface area (Å²) in [5.41, 5.74) is 1.95. The van der Waals surface area contributed by atoms with Crippen molar-refractivity contribution < 1.29 is 10.2 Å². The second kappa shape index (κ2) is 6.79. The molecule has 0 saturated carbocycles. The highest BCUT2D eigenvalue weighted by Crippen LogP contribution is 2.42. The standard InChI is InChI=1S/C20H26N2O2/c23-11-3-4-15-13-22-10-8-14(15)12-19(22)20(24)17-7-9-21-18-6-2-1-5-16(17)18/h1-2,5-7,9,14-15,19-20,23-24H,3-4,8,10-13H2/t14-,15-,19-,20+/m0/s1. The zero-order chi connectivity index (χ0) is 16.5. The summed E-state index contributed by atoms with van der Waals surface area (Å²) in [6.45, 7) is 2.44. The maximum Gasteiger partial charge on any atom is 0.0952 e. The van der Waals surface area contributed by atoms with Gasteiger partial charge in [0.1, 0.15) is 0 Å². The maximum atomic E-state index is 11.1. The summed E-state index contributed by atoms with van der Waals surface area (Å²) < 4.78 is 0. The van der Waals surface area contributed by atoms with E-state index in [0.717, 1.165) is 48.8 Å². The summed E-state index contributed by atoms with van der Waals surface area (Å²) >= 11 is 0.